The molecule has 2 bridgehead atoms. The van der Waals surface area contributed by atoms with Gasteiger partial charge in [0, 0.05) is 5.92 Å². The minimum absolute atomic E-state index is 0.00397. The molecule has 2 unspecified atom stereocenters. The van der Waals surface area contributed by atoms with E-state index >= 15 is 0 Å². The summed E-state index contributed by atoms with van der Waals surface area (Å²) in [6, 6.07) is 12.5. The van der Waals surface area contributed by atoms with E-state index in [-0.39, 0.29) is 35.6 Å². The molecule has 2 aromatic carbocycles. The van der Waals surface area contributed by atoms with Crippen LogP contribution in [-0.2, 0) is 16.0 Å². The van der Waals surface area contributed by atoms with Gasteiger partial charge >= 0.3 is 0 Å². The van der Waals surface area contributed by atoms with Gasteiger partial charge in [0.25, 0.3) is 0 Å². The summed E-state index contributed by atoms with van der Waals surface area (Å²) in [5.41, 5.74) is 3.95. The number of hydrogen-bond donors (Lipinski definition) is 1. The lowest BCUT2D eigenvalue weighted by molar-refractivity contribution is -0.124. The Labute approximate surface area is 158 Å². The summed E-state index contributed by atoms with van der Waals surface area (Å²) >= 11 is 0. The van der Waals surface area contributed by atoms with E-state index in [1.165, 1.54) is 12.1 Å². The van der Waals surface area contributed by atoms with E-state index < -0.39 is 12.0 Å². The van der Waals surface area contributed by atoms with Crippen LogP contribution < -0.4 is 0 Å². The van der Waals surface area contributed by atoms with E-state index in [0.717, 1.165) is 41.5 Å². The number of fused-ring (bicyclic) bond motifs is 5. The number of aliphatic hydroxyl groups excluding tert-OH is 1. The van der Waals surface area contributed by atoms with Gasteiger partial charge in [0.15, 0.2) is 0 Å². The van der Waals surface area contributed by atoms with Gasteiger partial charge in [0.2, 0.25) is 0 Å². The van der Waals surface area contributed by atoms with Crippen LogP contribution in [-0.4, -0.2) is 29.2 Å². The molecule has 1 N–H and O–H groups in total. The van der Waals surface area contributed by atoms with Crippen molar-refractivity contribution in [2.75, 3.05) is 0 Å². The van der Waals surface area contributed by atoms with Crippen molar-refractivity contribution in [1.82, 2.24) is 0 Å². The van der Waals surface area contributed by atoms with E-state index in [0.29, 0.717) is 0 Å². The van der Waals surface area contributed by atoms with Crippen LogP contribution in [0.1, 0.15) is 36.8 Å². The van der Waals surface area contributed by atoms with Gasteiger partial charge < -0.3 is 9.84 Å². The first-order valence-electron chi connectivity index (χ1n) is 9.84. The van der Waals surface area contributed by atoms with Crippen molar-refractivity contribution in [2.45, 2.75) is 50.4 Å². The van der Waals surface area contributed by atoms with E-state index in [1.807, 2.05) is 12.1 Å². The molecule has 4 heteroatoms. The van der Waals surface area contributed by atoms with Gasteiger partial charge in [0.05, 0.1) is 30.1 Å². The van der Waals surface area contributed by atoms with Gasteiger partial charge in [0.1, 0.15) is 11.6 Å². The zero-order valence-corrected chi connectivity index (χ0v) is 15.3. The number of aryl methyl sites for hydroxylation is 1. The molecule has 3 fully saturated rings. The van der Waals surface area contributed by atoms with E-state index in [1.54, 1.807) is 12.1 Å². The Kier molecular flexibility index (Phi) is 3.95. The van der Waals surface area contributed by atoms with Crippen molar-refractivity contribution in [3.63, 3.8) is 0 Å². The summed E-state index contributed by atoms with van der Waals surface area (Å²) < 4.78 is 19.1. The Morgan fingerprint density at radius 2 is 1.78 bits per heavy atom. The average Bonchev–Trinajstić information content (AvgIpc) is 3.36. The minimum Gasteiger partial charge on any atom is -0.392 e. The number of carbonyl (C=O) groups excluding carboxylic acids is 1. The van der Waals surface area contributed by atoms with E-state index in [2.05, 4.69) is 13.0 Å². The third kappa shape index (κ3) is 2.50. The number of halogens is 1. The molecule has 1 aliphatic carbocycles. The third-order valence-electron chi connectivity index (χ3n) is 6.74. The molecule has 0 radical (unpaired) electrons. The lowest BCUT2D eigenvalue weighted by Crippen LogP contribution is -2.31. The van der Waals surface area contributed by atoms with Crippen LogP contribution >= 0.6 is 0 Å². The molecular weight excluding hydrogens is 343 g/mol. The Balaban J connectivity index is 1.52. The van der Waals surface area contributed by atoms with Crippen LogP contribution in [0.4, 0.5) is 4.39 Å². The molecule has 2 heterocycles. The molecule has 2 aromatic rings. The molecule has 1 saturated carbocycles. The molecular formula is C23H23FO3. The second-order valence-electron chi connectivity index (χ2n) is 8.04. The van der Waals surface area contributed by atoms with Crippen LogP contribution in [0.25, 0.3) is 11.1 Å². The highest BCUT2D eigenvalue weighted by molar-refractivity contribution is 5.93. The number of ether oxygens (including phenoxy) is 1. The highest BCUT2D eigenvalue weighted by Crippen LogP contribution is 2.54. The Hall–Kier alpha value is -2.04. The quantitative estimate of drug-likeness (QED) is 0.897. The molecule has 6 atom stereocenters. The maximum atomic E-state index is 13.2. The van der Waals surface area contributed by atoms with Gasteiger partial charge in [-0.25, -0.2) is 4.39 Å². The molecule has 3 aliphatic rings. The summed E-state index contributed by atoms with van der Waals surface area (Å²) in [6.07, 6.45) is 2.02. The van der Waals surface area contributed by atoms with Crippen LogP contribution in [0.3, 0.4) is 0 Å². The minimum atomic E-state index is -0.667. The first-order valence-corrected chi connectivity index (χ1v) is 9.84. The fourth-order valence-electron chi connectivity index (χ4n) is 5.49. The zero-order valence-electron chi connectivity index (χ0n) is 15.3. The SMILES string of the molecule is CCc1cc(-c2ccc(F)cc2)ccc1C1C(=O)[C@@H]2[C@H](C1O)[C@H]1CC[C@@H]2O1. The summed E-state index contributed by atoms with van der Waals surface area (Å²) in [7, 11) is 0. The van der Waals surface area contributed by atoms with Crippen molar-refractivity contribution in [2.24, 2.45) is 11.8 Å². The highest BCUT2D eigenvalue weighted by atomic mass is 19.1. The summed E-state index contributed by atoms with van der Waals surface area (Å²) in [5, 5.41) is 11.0. The molecule has 0 amide bonds. The Morgan fingerprint density at radius 1 is 1.07 bits per heavy atom. The maximum Gasteiger partial charge on any atom is 0.149 e. The van der Waals surface area contributed by atoms with Crippen molar-refractivity contribution in [3.8, 4) is 11.1 Å². The number of hydrogen-bond acceptors (Lipinski definition) is 3. The average molecular weight is 366 g/mol. The van der Waals surface area contributed by atoms with Crippen LogP contribution in [0.15, 0.2) is 42.5 Å². The molecule has 2 aliphatic heterocycles. The largest absolute Gasteiger partial charge is 0.392 e. The molecule has 0 spiro atoms. The maximum absolute atomic E-state index is 13.2. The summed E-state index contributed by atoms with van der Waals surface area (Å²) in [5.74, 6) is -0.768. The smallest absolute Gasteiger partial charge is 0.149 e. The lowest BCUT2D eigenvalue weighted by atomic mass is 9.81. The molecule has 5 rings (SSSR count). The van der Waals surface area contributed by atoms with E-state index in [4.69, 9.17) is 4.74 Å². The van der Waals surface area contributed by atoms with Crippen molar-refractivity contribution >= 4 is 5.78 Å². The van der Waals surface area contributed by atoms with E-state index in [9.17, 15) is 14.3 Å². The summed E-state index contributed by atoms with van der Waals surface area (Å²) in [4.78, 5) is 13.2. The lowest BCUT2D eigenvalue weighted by Gasteiger charge is -2.23. The second kappa shape index (κ2) is 6.25. The first kappa shape index (κ1) is 17.1. The Bertz CT molecular complexity index is 891. The highest BCUT2D eigenvalue weighted by Gasteiger charge is 2.62. The first-order chi connectivity index (χ1) is 13.1. The van der Waals surface area contributed by atoms with Crippen molar-refractivity contribution in [1.29, 1.82) is 0 Å². The van der Waals surface area contributed by atoms with Crippen molar-refractivity contribution < 1.29 is 19.0 Å². The number of carbonyl (C=O) groups is 1. The van der Waals surface area contributed by atoms with Gasteiger partial charge in [-0.2, -0.15) is 0 Å². The van der Waals surface area contributed by atoms with Gasteiger partial charge in [-0.15, -0.1) is 0 Å². The predicted octanol–water partition coefficient (Wildman–Crippen LogP) is 3.88. The topological polar surface area (TPSA) is 46.5 Å². The Morgan fingerprint density at radius 3 is 2.48 bits per heavy atom. The number of ketones is 1. The standard InChI is InChI=1S/C23H23FO3/c1-2-12-11-14(13-3-6-15(24)7-4-13)5-8-16(12)19-22(25)20-17-9-10-18(27-17)21(20)23(19)26/h3-8,11,17-22,25H,2,9-10H2,1H3/t17-,18+,19?,20-,21+,22?/m1/s1. The van der Waals surface area contributed by atoms with Crippen LogP contribution in [0.2, 0.25) is 0 Å². The van der Waals surface area contributed by atoms with Crippen LogP contribution in [0.5, 0.6) is 0 Å². The molecule has 0 aromatic heterocycles. The molecule has 2 saturated heterocycles. The van der Waals surface area contributed by atoms with Crippen LogP contribution in [0, 0.1) is 17.7 Å². The zero-order chi connectivity index (χ0) is 18.7. The number of benzene rings is 2. The monoisotopic (exact) mass is 366 g/mol. The summed E-state index contributed by atoms with van der Waals surface area (Å²) in [6.45, 7) is 2.06. The third-order valence-corrected chi connectivity index (χ3v) is 6.74. The predicted molar refractivity (Wildman–Crippen MR) is 99.8 cm³/mol. The van der Waals surface area contributed by atoms with Gasteiger partial charge in [-0.1, -0.05) is 37.3 Å². The fraction of sp³-hybridized carbons (Fsp3) is 0.435. The number of rotatable bonds is 3. The second-order valence-corrected chi connectivity index (χ2v) is 8.04. The van der Waals surface area contributed by atoms with Crippen molar-refractivity contribution in [3.05, 3.63) is 59.4 Å². The molecule has 3 nitrogen and oxygen atoms in total. The van der Waals surface area contributed by atoms with Gasteiger partial charge in [-0.05, 0) is 53.6 Å². The fourth-order valence-corrected chi connectivity index (χ4v) is 5.49. The molecule has 27 heavy (non-hydrogen) atoms. The number of Topliss-reactive ketones (excluding diaryl/α,β-unsaturated/α-hetero) is 1. The normalized spacial score (nSPS) is 34.3. The molecule has 140 valence electrons. The van der Waals surface area contributed by atoms with Gasteiger partial charge in [-0.3, -0.25) is 4.79 Å². The number of aliphatic hydroxyl groups is 1.